The molecule has 4 heteroatoms. The van der Waals surface area contributed by atoms with Crippen molar-refractivity contribution in [1.82, 2.24) is 0 Å². The molecule has 1 heterocycles. The Morgan fingerprint density at radius 3 is 2.00 bits per heavy atom. The number of hydrogen-bond donors (Lipinski definition) is 2. The molecule has 1 aliphatic heterocycles. The summed E-state index contributed by atoms with van der Waals surface area (Å²) in [5.74, 6) is -0.137. The monoisotopic (exact) mass is 272 g/mol. The Morgan fingerprint density at radius 1 is 0.789 bits per heavy atom. The van der Waals surface area contributed by atoms with Gasteiger partial charge < -0.3 is 14.9 Å². The van der Waals surface area contributed by atoms with Gasteiger partial charge in [0.05, 0.1) is 18.8 Å². The first-order chi connectivity index (χ1) is 9.20. The van der Waals surface area contributed by atoms with Crippen LogP contribution >= 0.6 is 0 Å². The molecule has 2 atom stereocenters. The Balaban J connectivity index is 2.29. The highest BCUT2D eigenvalue weighted by molar-refractivity contribution is 5.69. The van der Waals surface area contributed by atoms with Crippen LogP contribution in [0.25, 0.3) is 0 Å². The minimum absolute atomic E-state index is 0.137. The maximum absolute atomic E-state index is 11.4. The smallest absolute Gasteiger partial charge is 0.305 e. The minimum Gasteiger partial charge on any atom is -0.466 e. The van der Waals surface area contributed by atoms with Gasteiger partial charge in [0.15, 0.2) is 0 Å². The van der Waals surface area contributed by atoms with Crippen molar-refractivity contribution in [3.05, 3.63) is 0 Å². The lowest BCUT2D eigenvalue weighted by Crippen LogP contribution is -2.26. The standard InChI is InChI=1S/C15H28O4/c16-13-9-6-4-2-1-3-5-7-11-15(18)19-12-8-10-14(13)17/h13-14,16-17H,1-12H2. The first kappa shape index (κ1) is 16.4. The number of carbonyl (C=O) groups excluding carboxylic acids is 1. The molecule has 2 N–H and O–H groups in total. The van der Waals surface area contributed by atoms with Gasteiger partial charge in [0.1, 0.15) is 0 Å². The molecule has 0 aromatic rings. The lowest BCUT2D eigenvalue weighted by molar-refractivity contribution is -0.144. The molecule has 0 aliphatic carbocycles. The summed E-state index contributed by atoms with van der Waals surface area (Å²) in [6.07, 6.45) is 8.59. The van der Waals surface area contributed by atoms with E-state index in [0.29, 0.717) is 32.3 Å². The van der Waals surface area contributed by atoms with Crippen molar-refractivity contribution >= 4 is 5.97 Å². The van der Waals surface area contributed by atoms with Gasteiger partial charge in [-0.15, -0.1) is 0 Å². The number of cyclic esters (lactones) is 1. The molecule has 2 unspecified atom stereocenters. The quantitative estimate of drug-likeness (QED) is 0.665. The Kier molecular flexibility index (Phi) is 8.84. The zero-order valence-electron chi connectivity index (χ0n) is 11.9. The summed E-state index contributed by atoms with van der Waals surface area (Å²) in [5.41, 5.74) is 0. The van der Waals surface area contributed by atoms with E-state index in [2.05, 4.69) is 0 Å². The van der Waals surface area contributed by atoms with E-state index in [-0.39, 0.29) is 5.97 Å². The molecular formula is C15H28O4. The molecule has 0 radical (unpaired) electrons. The second-order valence-electron chi connectivity index (χ2n) is 5.51. The Bertz CT molecular complexity index is 242. The van der Waals surface area contributed by atoms with Crippen molar-refractivity contribution in [1.29, 1.82) is 0 Å². The summed E-state index contributed by atoms with van der Waals surface area (Å²) in [5, 5.41) is 19.5. The molecule has 1 fully saturated rings. The molecule has 0 aromatic carbocycles. The van der Waals surface area contributed by atoms with Gasteiger partial charge in [0.25, 0.3) is 0 Å². The fraction of sp³-hybridized carbons (Fsp3) is 0.933. The average Bonchev–Trinajstić information content (AvgIpc) is 2.40. The topological polar surface area (TPSA) is 66.8 Å². The van der Waals surface area contributed by atoms with E-state index < -0.39 is 12.2 Å². The largest absolute Gasteiger partial charge is 0.466 e. The van der Waals surface area contributed by atoms with Crippen LogP contribution in [0, 0.1) is 0 Å². The molecule has 112 valence electrons. The molecule has 1 rings (SSSR count). The molecule has 0 amide bonds. The fourth-order valence-electron chi connectivity index (χ4n) is 2.44. The predicted molar refractivity (Wildman–Crippen MR) is 73.8 cm³/mol. The third-order valence-electron chi connectivity index (χ3n) is 3.73. The van der Waals surface area contributed by atoms with Crippen LogP contribution in [-0.2, 0) is 9.53 Å². The van der Waals surface area contributed by atoms with Crippen molar-refractivity contribution in [2.45, 2.75) is 82.8 Å². The third kappa shape index (κ3) is 8.22. The molecule has 0 spiro atoms. The number of aliphatic hydroxyl groups excluding tert-OH is 2. The van der Waals surface area contributed by atoms with Crippen molar-refractivity contribution in [3.8, 4) is 0 Å². The van der Waals surface area contributed by atoms with E-state index in [0.717, 1.165) is 25.7 Å². The highest BCUT2D eigenvalue weighted by Crippen LogP contribution is 2.14. The normalized spacial score (nSPS) is 29.7. The van der Waals surface area contributed by atoms with Crippen molar-refractivity contribution in [3.63, 3.8) is 0 Å². The van der Waals surface area contributed by atoms with Crippen LogP contribution in [-0.4, -0.2) is 35.0 Å². The number of ether oxygens (including phenoxy) is 1. The minimum atomic E-state index is -0.688. The second kappa shape index (κ2) is 10.2. The summed E-state index contributed by atoms with van der Waals surface area (Å²) in [6, 6.07) is 0. The van der Waals surface area contributed by atoms with Crippen LogP contribution in [0.5, 0.6) is 0 Å². The number of rotatable bonds is 0. The van der Waals surface area contributed by atoms with Gasteiger partial charge in [0.2, 0.25) is 0 Å². The maximum Gasteiger partial charge on any atom is 0.305 e. The van der Waals surface area contributed by atoms with E-state index in [9.17, 15) is 15.0 Å². The number of hydrogen-bond acceptors (Lipinski definition) is 4. The molecule has 19 heavy (non-hydrogen) atoms. The summed E-state index contributed by atoms with van der Waals surface area (Å²) < 4.78 is 5.09. The van der Waals surface area contributed by atoms with Gasteiger partial charge in [-0.1, -0.05) is 38.5 Å². The molecule has 4 nitrogen and oxygen atoms in total. The predicted octanol–water partition coefficient (Wildman–Crippen LogP) is 2.56. The third-order valence-corrected chi connectivity index (χ3v) is 3.73. The molecular weight excluding hydrogens is 244 g/mol. The van der Waals surface area contributed by atoms with Gasteiger partial charge in [0, 0.05) is 6.42 Å². The Morgan fingerprint density at radius 2 is 1.32 bits per heavy atom. The molecule has 1 saturated heterocycles. The first-order valence-electron chi connectivity index (χ1n) is 7.72. The summed E-state index contributed by atoms with van der Waals surface area (Å²) >= 11 is 0. The molecule has 0 aromatic heterocycles. The lowest BCUT2D eigenvalue weighted by atomic mass is 10.0. The van der Waals surface area contributed by atoms with Gasteiger partial charge in [-0.2, -0.15) is 0 Å². The van der Waals surface area contributed by atoms with Crippen LogP contribution in [0.15, 0.2) is 0 Å². The molecule has 0 saturated carbocycles. The zero-order valence-corrected chi connectivity index (χ0v) is 11.9. The highest BCUT2D eigenvalue weighted by Gasteiger charge is 2.15. The van der Waals surface area contributed by atoms with E-state index in [1.807, 2.05) is 0 Å². The summed E-state index contributed by atoms with van der Waals surface area (Å²) in [6.45, 7) is 0.350. The van der Waals surface area contributed by atoms with E-state index in [1.165, 1.54) is 19.3 Å². The van der Waals surface area contributed by atoms with Crippen molar-refractivity contribution < 1.29 is 19.7 Å². The Hall–Kier alpha value is -0.610. The van der Waals surface area contributed by atoms with Crippen LogP contribution in [0.2, 0.25) is 0 Å². The van der Waals surface area contributed by atoms with Crippen LogP contribution < -0.4 is 0 Å². The van der Waals surface area contributed by atoms with Crippen LogP contribution in [0.1, 0.15) is 70.6 Å². The number of esters is 1. The SMILES string of the molecule is O=C1CCCCCCCCCC(O)C(O)CCCO1. The molecule has 1 aliphatic rings. The van der Waals surface area contributed by atoms with Crippen molar-refractivity contribution in [2.75, 3.05) is 6.61 Å². The van der Waals surface area contributed by atoms with Crippen LogP contribution in [0.3, 0.4) is 0 Å². The van der Waals surface area contributed by atoms with E-state index in [1.54, 1.807) is 0 Å². The zero-order chi connectivity index (χ0) is 13.9. The van der Waals surface area contributed by atoms with Gasteiger partial charge in [-0.05, 0) is 25.7 Å². The summed E-state index contributed by atoms with van der Waals surface area (Å²) in [4.78, 5) is 11.4. The van der Waals surface area contributed by atoms with E-state index >= 15 is 0 Å². The Labute approximate surface area is 116 Å². The van der Waals surface area contributed by atoms with Gasteiger partial charge in [-0.25, -0.2) is 0 Å². The van der Waals surface area contributed by atoms with Crippen molar-refractivity contribution in [2.24, 2.45) is 0 Å². The lowest BCUT2D eigenvalue weighted by Gasteiger charge is -2.17. The van der Waals surface area contributed by atoms with Gasteiger partial charge in [-0.3, -0.25) is 4.79 Å². The van der Waals surface area contributed by atoms with E-state index in [4.69, 9.17) is 4.74 Å². The molecule has 0 bridgehead atoms. The summed E-state index contributed by atoms with van der Waals surface area (Å²) in [7, 11) is 0. The van der Waals surface area contributed by atoms with Crippen LogP contribution in [0.4, 0.5) is 0 Å². The number of aliphatic hydroxyl groups is 2. The fourth-order valence-corrected chi connectivity index (χ4v) is 2.44. The number of carbonyl (C=O) groups is 1. The highest BCUT2D eigenvalue weighted by atomic mass is 16.5. The maximum atomic E-state index is 11.4. The average molecular weight is 272 g/mol. The first-order valence-corrected chi connectivity index (χ1v) is 7.72. The second-order valence-corrected chi connectivity index (χ2v) is 5.51. The van der Waals surface area contributed by atoms with Gasteiger partial charge >= 0.3 is 5.97 Å².